The van der Waals surface area contributed by atoms with Gasteiger partial charge in [0.25, 0.3) is 0 Å². The lowest BCUT2D eigenvalue weighted by molar-refractivity contribution is 0.0998. The predicted octanol–water partition coefficient (Wildman–Crippen LogP) is 4.01. The Balaban J connectivity index is 2.17. The summed E-state index contributed by atoms with van der Waals surface area (Å²) < 4.78 is 0. The van der Waals surface area contributed by atoms with Crippen LogP contribution in [0.15, 0.2) is 48.5 Å². The molecule has 0 saturated heterocycles. The van der Waals surface area contributed by atoms with Crippen molar-refractivity contribution in [1.29, 1.82) is 0 Å². The highest BCUT2D eigenvalue weighted by atomic mass is 16.1. The molecule has 0 atom stereocenters. The fourth-order valence-electron chi connectivity index (χ4n) is 2.41. The monoisotopic (exact) mass is 267 g/mol. The first-order valence-electron chi connectivity index (χ1n) is 7.02. The van der Waals surface area contributed by atoms with Crippen LogP contribution >= 0.6 is 0 Å². The maximum atomic E-state index is 12.5. The Morgan fingerprint density at radius 1 is 1.05 bits per heavy atom. The summed E-state index contributed by atoms with van der Waals surface area (Å²) >= 11 is 0. The second-order valence-electron chi connectivity index (χ2n) is 5.09. The number of carbonyl (C=O) groups excluding carboxylic acids is 1. The van der Waals surface area contributed by atoms with Gasteiger partial charge >= 0.3 is 0 Å². The molecule has 2 rings (SSSR count). The van der Waals surface area contributed by atoms with Gasteiger partial charge in [-0.3, -0.25) is 4.79 Å². The van der Waals surface area contributed by atoms with Gasteiger partial charge in [0, 0.05) is 17.8 Å². The quantitative estimate of drug-likeness (QED) is 0.763. The molecule has 0 aliphatic rings. The smallest absolute Gasteiger partial charge is 0.182 e. The molecule has 0 N–H and O–H groups in total. The molecule has 20 heavy (non-hydrogen) atoms. The summed E-state index contributed by atoms with van der Waals surface area (Å²) in [6, 6.07) is 16.1. The van der Waals surface area contributed by atoms with E-state index < -0.39 is 0 Å². The van der Waals surface area contributed by atoms with Crippen molar-refractivity contribution in [1.82, 2.24) is 0 Å². The van der Waals surface area contributed by atoms with Gasteiger partial charge in [-0.2, -0.15) is 0 Å². The number of likely N-dealkylation sites (N-methyl/N-ethyl adjacent to an activating group) is 1. The van der Waals surface area contributed by atoms with E-state index >= 15 is 0 Å². The van der Waals surface area contributed by atoms with Crippen molar-refractivity contribution in [2.75, 3.05) is 18.0 Å². The summed E-state index contributed by atoms with van der Waals surface area (Å²) in [5.41, 5.74) is 4.16. The number of Topliss-reactive ketones (excluding diaryl/α,β-unsaturated/α-hetero) is 1. The van der Waals surface area contributed by atoms with Crippen molar-refractivity contribution in [2.24, 2.45) is 0 Å². The molecule has 0 fully saturated rings. The average Bonchev–Trinajstić information content (AvgIpc) is 2.45. The number of nitrogens with zero attached hydrogens (tertiary/aromatic N) is 1. The van der Waals surface area contributed by atoms with Crippen molar-refractivity contribution in [3.05, 3.63) is 65.2 Å². The van der Waals surface area contributed by atoms with Crippen molar-refractivity contribution in [3.63, 3.8) is 0 Å². The van der Waals surface area contributed by atoms with Gasteiger partial charge in [0.1, 0.15) is 0 Å². The molecule has 0 saturated carbocycles. The molecular formula is C18H21NO. The lowest BCUT2D eigenvalue weighted by Gasteiger charge is -2.22. The number of hydrogen-bond acceptors (Lipinski definition) is 2. The molecule has 0 aliphatic carbocycles. The third-order valence-corrected chi connectivity index (χ3v) is 3.52. The van der Waals surface area contributed by atoms with E-state index in [1.807, 2.05) is 56.3 Å². The number of para-hydroxylation sites is 1. The highest BCUT2D eigenvalue weighted by Crippen LogP contribution is 2.16. The zero-order valence-corrected chi connectivity index (χ0v) is 12.4. The molecule has 2 aromatic rings. The molecule has 104 valence electrons. The molecule has 0 unspecified atom stereocenters. The van der Waals surface area contributed by atoms with Gasteiger partial charge in [-0.15, -0.1) is 0 Å². The van der Waals surface area contributed by atoms with Crippen LogP contribution in [0.2, 0.25) is 0 Å². The van der Waals surface area contributed by atoms with E-state index in [9.17, 15) is 4.79 Å². The van der Waals surface area contributed by atoms with Crippen LogP contribution < -0.4 is 4.90 Å². The highest BCUT2D eigenvalue weighted by Gasteiger charge is 2.13. The van der Waals surface area contributed by atoms with E-state index in [1.165, 1.54) is 5.56 Å². The number of anilines is 1. The molecule has 0 aliphatic heterocycles. The Morgan fingerprint density at radius 2 is 1.75 bits per heavy atom. The first kappa shape index (κ1) is 14.3. The van der Waals surface area contributed by atoms with Gasteiger partial charge < -0.3 is 4.90 Å². The molecule has 2 nitrogen and oxygen atoms in total. The van der Waals surface area contributed by atoms with E-state index in [4.69, 9.17) is 0 Å². The van der Waals surface area contributed by atoms with Gasteiger partial charge in [-0.25, -0.2) is 0 Å². The van der Waals surface area contributed by atoms with Crippen molar-refractivity contribution in [2.45, 2.75) is 20.8 Å². The number of hydrogen-bond donors (Lipinski definition) is 0. The van der Waals surface area contributed by atoms with Gasteiger partial charge in [0.05, 0.1) is 6.54 Å². The third-order valence-electron chi connectivity index (χ3n) is 3.52. The molecule has 0 radical (unpaired) electrons. The van der Waals surface area contributed by atoms with Crippen LogP contribution in [0.5, 0.6) is 0 Å². The number of benzene rings is 2. The number of ketones is 1. The lowest BCUT2D eigenvalue weighted by Crippen LogP contribution is -2.29. The van der Waals surface area contributed by atoms with Gasteiger partial charge in [-0.05, 0) is 38.5 Å². The average molecular weight is 267 g/mol. The third kappa shape index (κ3) is 3.27. The van der Waals surface area contributed by atoms with E-state index in [1.54, 1.807) is 0 Å². The first-order chi connectivity index (χ1) is 9.61. The first-order valence-corrected chi connectivity index (χ1v) is 7.02. The predicted molar refractivity (Wildman–Crippen MR) is 84.6 cm³/mol. The molecular weight excluding hydrogens is 246 g/mol. The minimum Gasteiger partial charge on any atom is -0.364 e. The van der Waals surface area contributed by atoms with Crippen LogP contribution in [0, 0.1) is 13.8 Å². The normalized spacial score (nSPS) is 10.3. The van der Waals surface area contributed by atoms with Crippen LogP contribution in [0.3, 0.4) is 0 Å². The minimum atomic E-state index is 0.174. The minimum absolute atomic E-state index is 0.174. The molecule has 2 aromatic carbocycles. The zero-order chi connectivity index (χ0) is 14.5. The highest BCUT2D eigenvalue weighted by molar-refractivity contribution is 6.00. The maximum Gasteiger partial charge on any atom is 0.182 e. The van der Waals surface area contributed by atoms with Crippen molar-refractivity contribution in [3.8, 4) is 0 Å². The fraction of sp³-hybridized carbons (Fsp3) is 0.278. The number of carbonyl (C=O) groups is 1. The van der Waals surface area contributed by atoms with E-state index in [0.717, 1.165) is 23.4 Å². The van der Waals surface area contributed by atoms with Gasteiger partial charge in [0.2, 0.25) is 0 Å². The Morgan fingerprint density at radius 3 is 2.35 bits per heavy atom. The summed E-state index contributed by atoms with van der Waals surface area (Å²) in [6.07, 6.45) is 0. The number of rotatable bonds is 5. The van der Waals surface area contributed by atoms with Gasteiger partial charge in [0.15, 0.2) is 5.78 Å². The topological polar surface area (TPSA) is 20.3 Å². The molecule has 0 bridgehead atoms. The van der Waals surface area contributed by atoms with Crippen LogP contribution in [0.1, 0.15) is 28.4 Å². The second-order valence-corrected chi connectivity index (χ2v) is 5.09. The molecule has 0 spiro atoms. The molecule has 2 heteroatoms. The van der Waals surface area contributed by atoms with Crippen LogP contribution in [-0.2, 0) is 0 Å². The Kier molecular flexibility index (Phi) is 4.57. The van der Waals surface area contributed by atoms with Crippen LogP contribution in [-0.4, -0.2) is 18.9 Å². The Labute approximate surface area is 121 Å². The van der Waals surface area contributed by atoms with Gasteiger partial charge in [-0.1, -0.05) is 42.0 Å². The summed E-state index contributed by atoms with van der Waals surface area (Å²) in [4.78, 5) is 14.6. The van der Waals surface area contributed by atoms with Crippen molar-refractivity contribution < 1.29 is 4.79 Å². The lowest BCUT2D eigenvalue weighted by atomic mass is 10.0. The van der Waals surface area contributed by atoms with E-state index in [0.29, 0.717) is 6.54 Å². The Hall–Kier alpha value is -2.09. The molecule has 0 amide bonds. The maximum absolute atomic E-state index is 12.5. The Bertz CT molecular complexity index is 590. The summed E-state index contributed by atoms with van der Waals surface area (Å²) in [5, 5.41) is 0. The summed E-state index contributed by atoms with van der Waals surface area (Å²) in [6.45, 7) is 7.36. The molecule has 0 heterocycles. The summed E-state index contributed by atoms with van der Waals surface area (Å²) in [5.74, 6) is 0.174. The summed E-state index contributed by atoms with van der Waals surface area (Å²) in [7, 11) is 0. The second kappa shape index (κ2) is 6.38. The standard InChI is InChI=1S/C18H21NO/c1-4-19(16-8-6-5-7-9-16)13-18(20)17-11-10-14(2)12-15(17)3/h5-12H,4,13H2,1-3H3. The fourth-order valence-corrected chi connectivity index (χ4v) is 2.41. The van der Waals surface area contributed by atoms with E-state index in [-0.39, 0.29) is 5.78 Å². The van der Waals surface area contributed by atoms with Crippen molar-refractivity contribution >= 4 is 11.5 Å². The number of aryl methyl sites for hydroxylation is 2. The zero-order valence-electron chi connectivity index (χ0n) is 12.4. The van der Waals surface area contributed by atoms with Crippen LogP contribution in [0.4, 0.5) is 5.69 Å². The van der Waals surface area contributed by atoms with E-state index in [2.05, 4.69) is 17.9 Å². The van der Waals surface area contributed by atoms with Crippen LogP contribution in [0.25, 0.3) is 0 Å². The largest absolute Gasteiger partial charge is 0.364 e. The molecule has 0 aromatic heterocycles. The SMILES string of the molecule is CCN(CC(=O)c1ccc(C)cc1C)c1ccccc1.